The molecule has 0 bridgehead atoms. The Morgan fingerprint density at radius 1 is 0.769 bits per heavy atom. The van der Waals surface area contributed by atoms with Gasteiger partial charge in [-0.15, -0.1) is 0 Å². The number of rotatable bonds is 3. The highest BCUT2D eigenvalue weighted by molar-refractivity contribution is 6.30. The molecule has 2 aromatic carbocycles. The maximum atomic E-state index is 12.2. The van der Waals surface area contributed by atoms with Gasteiger partial charge in [0.2, 0.25) is 0 Å². The lowest BCUT2D eigenvalue weighted by Crippen LogP contribution is -2.52. The van der Waals surface area contributed by atoms with Crippen molar-refractivity contribution >= 4 is 35.3 Å². The molecule has 1 saturated heterocycles. The summed E-state index contributed by atoms with van der Waals surface area (Å²) in [4.78, 5) is 40.2. The predicted molar refractivity (Wildman–Crippen MR) is 99.9 cm³/mol. The molecule has 0 atom stereocenters. The third kappa shape index (κ3) is 3.09. The van der Waals surface area contributed by atoms with Gasteiger partial charge in [-0.1, -0.05) is 30.3 Å². The molecule has 0 unspecified atom stereocenters. The fourth-order valence-corrected chi connectivity index (χ4v) is 2.74. The van der Waals surface area contributed by atoms with Crippen LogP contribution < -0.4 is 4.90 Å². The van der Waals surface area contributed by atoms with Gasteiger partial charge >= 0.3 is 6.03 Å². The van der Waals surface area contributed by atoms with E-state index in [2.05, 4.69) is 0 Å². The molecule has 6 nitrogen and oxygen atoms in total. The highest BCUT2D eigenvalue weighted by Gasteiger charge is 2.37. The van der Waals surface area contributed by atoms with Crippen LogP contribution in [0.4, 0.5) is 16.2 Å². The maximum absolute atomic E-state index is 12.2. The number of nitrogens with zero attached hydrogens (tertiary/aromatic N) is 3. The lowest BCUT2D eigenvalue weighted by molar-refractivity contribution is -0.134. The van der Waals surface area contributed by atoms with Crippen molar-refractivity contribution < 1.29 is 14.4 Å². The zero-order valence-electron chi connectivity index (χ0n) is 14.8. The summed E-state index contributed by atoms with van der Waals surface area (Å²) in [5.74, 6) is -1.19. The number of barbiturate groups is 1. The van der Waals surface area contributed by atoms with Crippen molar-refractivity contribution in [3.63, 3.8) is 0 Å². The number of para-hydroxylation sites is 1. The Morgan fingerprint density at radius 2 is 1.27 bits per heavy atom. The predicted octanol–water partition coefficient (Wildman–Crippen LogP) is 2.89. The monoisotopic (exact) mass is 349 g/mol. The topological polar surface area (TPSA) is 60.9 Å². The van der Waals surface area contributed by atoms with Gasteiger partial charge in [0.05, 0.1) is 0 Å². The van der Waals surface area contributed by atoms with Crippen LogP contribution in [0, 0.1) is 0 Å². The van der Waals surface area contributed by atoms with Crippen LogP contribution >= 0.6 is 0 Å². The summed E-state index contributed by atoms with van der Waals surface area (Å²) >= 11 is 0. The summed E-state index contributed by atoms with van der Waals surface area (Å²) in [7, 11) is 4.69. The van der Waals surface area contributed by atoms with Crippen LogP contribution in [0.5, 0.6) is 0 Å². The molecular weight excluding hydrogens is 330 g/mol. The summed E-state index contributed by atoms with van der Waals surface area (Å²) in [6.07, 6.45) is 1.51. The van der Waals surface area contributed by atoms with Crippen molar-refractivity contribution in [3.8, 4) is 0 Å². The van der Waals surface area contributed by atoms with Crippen LogP contribution in [-0.4, -0.2) is 48.8 Å². The van der Waals surface area contributed by atoms with Crippen molar-refractivity contribution in [2.24, 2.45) is 0 Å². The van der Waals surface area contributed by atoms with E-state index >= 15 is 0 Å². The first-order valence-corrected chi connectivity index (χ1v) is 8.11. The Balaban J connectivity index is 1.87. The molecular formula is C20H19N3O3. The van der Waals surface area contributed by atoms with Crippen molar-refractivity contribution in [3.05, 3.63) is 65.7 Å². The van der Waals surface area contributed by atoms with Crippen LogP contribution in [0.3, 0.4) is 0 Å². The van der Waals surface area contributed by atoms with Crippen LogP contribution in [-0.2, 0) is 9.59 Å². The third-order valence-corrected chi connectivity index (χ3v) is 4.38. The molecule has 1 heterocycles. The molecule has 3 rings (SSSR count). The van der Waals surface area contributed by atoms with Gasteiger partial charge < -0.3 is 4.90 Å². The highest BCUT2D eigenvalue weighted by Crippen LogP contribution is 2.24. The fraction of sp³-hybridized carbons (Fsp3) is 0.150. The van der Waals surface area contributed by atoms with E-state index in [0.29, 0.717) is 5.56 Å². The molecule has 1 aliphatic heterocycles. The number of likely N-dealkylation sites (N-methyl/N-ethyl adjacent to an activating group) is 2. The van der Waals surface area contributed by atoms with Crippen LogP contribution in [0.2, 0.25) is 0 Å². The average Bonchev–Trinajstić information content (AvgIpc) is 2.69. The Hall–Kier alpha value is -3.41. The number of imide groups is 2. The molecule has 0 N–H and O–H groups in total. The van der Waals surface area contributed by atoms with Gasteiger partial charge in [-0.05, 0) is 35.9 Å². The van der Waals surface area contributed by atoms with Gasteiger partial charge in [0.25, 0.3) is 11.8 Å². The molecule has 132 valence electrons. The standard InChI is InChI=1S/C20H19N3O3/c1-21(15-7-5-4-6-8-15)16-11-9-14(10-12-16)13-17-18(24)22(2)20(26)23(3)19(17)25/h4-13H,1-3H3. The van der Waals surface area contributed by atoms with E-state index in [1.54, 1.807) is 0 Å². The molecule has 0 saturated carbocycles. The molecule has 0 aliphatic carbocycles. The van der Waals surface area contributed by atoms with Crippen molar-refractivity contribution in [1.29, 1.82) is 0 Å². The van der Waals surface area contributed by atoms with Gasteiger partial charge in [-0.25, -0.2) is 4.79 Å². The zero-order chi connectivity index (χ0) is 18.8. The normalized spacial score (nSPS) is 14.7. The van der Waals surface area contributed by atoms with Crippen molar-refractivity contribution in [1.82, 2.24) is 9.80 Å². The SMILES string of the molecule is CN1C(=O)C(=Cc2ccc(N(C)c3ccccc3)cc2)C(=O)N(C)C1=O. The second-order valence-electron chi connectivity index (χ2n) is 6.06. The number of hydrogen-bond acceptors (Lipinski definition) is 4. The smallest absolute Gasteiger partial charge is 0.333 e. The number of anilines is 2. The van der Waals surface area contributed by atoms with E-state index in [9.17, 15) is 14.4 Å². The number of carbonyl (C=O) groups is 3. The quantitative estimate of drug-likeness (QED) is 0.631. The summed E-state index contributed by atoms with van der Waals surface area (Å²) in [5.41, 5.74) is 2.71. The second-order valence-corrected chi connectivity index (χ2v) is 6.06. The van der Waals surface area contributed by atoms with E-state index < -0.39 is 17.8 Å². The molecule has 26 heavy (non-hydrogen) atoms. The van der Waals surface area contributed by atoms with Crippen LogP contribution in [0.15, 0.2) is 60.2 Å². The largest absolute Gasteiger partial charge is 0.345 e. The van der Waals surface area contributed by atoms with Gasteiger partial charge in [0, 0.05) is 32.5 Å². The third-order valence-electron chi connectivity index (χ3n) is 4.38. The number of benzene rings is 2. The van der Waals surface area contributed by atoms with E-state index in [-0.39, 0.29) is 5.57 Å². The Bertz CT molecular complexity index is 862. The minimum Gasteiger partial charge on any atom is -0.345 e. The lowest BCUT2D eigenvalue weighted by atomic mass is 10.1. The van der Waals surface area contributed by atoms with Crippen molar-refractivity contribution in [2.45, 2.75) is 0 Å². The molecule has 1 aliphatic rings. The van der Waals surface area contributed by atoms with E-state index in [1.807, 2.05) is 66.5 Å². The van der Waals surface area contributed by atoms with Gasteiger partial charge in [-0.2, -0.15) is 0 Å². The fourth-order valence-electron chi connectivity index (χ4n) is 2.74. The number of amides is 4. The second kappa shape index (κ2) is 6.84. The van der Waals surface area contributed by atoms with Gasteiger partial charge in [-0.3, -0.25) is 19.4 Å². The van der Waals surface area contributed by atoms with Crippen LogP contribution in [0.1, 0.15) is 5.56 Å². The minimum atomic E-state index is -0.628. The first-order valence-electron chi connectivity index (χ1n) is 8.11. The first kappa shape index (κ1) is 17.4. The molecule has 0 spiro atoms. The number of hydrogen-bond donors (Lipinski definition) is 0. The average molecular weight is 349 g/mol. The maximum Gasteiger partial charge on any atom is 0.333 e. The van der Waals surface area contributed by atoms with Crippen molar-refractivity contribution in [2.75, 3.05) is 26.0 Å². The Labute approximate surface area is 151 Å². The molecule has 4 amide bonds. The Morgan fingerprint density at radius 3 is 1.81 bits per heavy atom. The first-order chi connectivity index (χ1) is 12.4. The molecule has 0 aromatic heterocycles. The molecule has 1 fully saturated rings. The van der Waals surface area contributed by atoms with Crippen LogP contribution in [0.25, 0.3) is 6.08 Å². The highest BCUT2D eigenvalue weighted by atomic mass is 16.2. The Kier molecular flexibility index (Phi) is 4.58. The molecule has 6 heteroatoms. The summed E-state index contributed by atoms with van der Waals surface area (Å²) in [5, 5.41) is 0. The summed E-state index contributed by atoms with van der Waals surface area (Å²) < 4.78 is 0. The minimum absolute atomic E-state index is 0.0289. The number of urea groups is 1. The van der Waals surface area contributed by atoms with Gasteiger partial charge in [0.15, 0.2) is 0 Å². The molecule has 2 aromatic rings. The van der Waals surface area contributed by atoms with E-state index in [0.717, 1.165) is 21.2 Å². The lowest BCUT2D eigenvalue weighted by Gasteiger charge is -2.28. The van der Waals surface area contributed by atoms with Gasteiger partial charge in [0.1, 0.15) is 5.57 Å². The van der Waals surface area contributed by atoms with E-state index in [4.69, 9.17) is 0 Å². The summed E-state index contributed by atoms with van der Waals surface area (Å²) in [6.45, 7) is 0. The van der Waals surface area contributed by atoms with E-state index in [1.165, 1.54) is 20.2 Å². The zero-order valence-corrected chi connectivity index (χ0v) is 14.8. The molecule has 0 radical (unpaired) electrons. The number of carbonyl (C=O) groups excluding carboxylic acids is 3. The summed E-state index contributed by atoms with van der Waals surface area (Å²) in [6, 6.07) is 16.8.